The lowest BCUT2D eigenvalue weighted by atomic mass is 9.84. The van der Waals surface area contributed by atoms with Gasteiger partial charge < -0.3 is 10.1 Å². The summed E-state index contributed by atoms with van der Waals surface area (Å²) in [5, 5.41) is 2.52. The van der Waals surface area contributed by atoms with Crippen molar-refractivity contribution < 1.29 is 22.7 Å². The molecule has 6 heteroatoms. The van der Waals surface area contributed by atoms with E-state index < -0.39 is 30.1 Å². The zero-order valence-electron chi connectivity index (χ0n) is 13.3. The molecule has 3 nitrogen and oxygen atoms in total. The highest BCUT2D eigenvalue weighted by molar-refractivity contribution is 5.81. The van der Waals surface area contributed by atoms with Crippen molar-refractivity contribution in [1.29, 1.82) is 0 Å². The molecular formula is C17H22F3NO2. The minimum atomic E-state index is -4.28. The SMILES string of the molecule is Cc1ccc(O[C@@H](C)C(=O)N[C@H]2CCCC[C@@H]2C(F)(F)F)cc1. The largest absolute Gasteiger partial charge is 0.481 e. The molecule has 0 heterocycles. The van der Waals surface area contributed by atoms with Gasteiger partial charge in [0.2, 0.25) is 0 Å². The van der Waals surface area contributed by atoms with Gasteiger partial charge in [-0.15, -0.1) is 0 Å². The van der Waals surface area contributed by atoms with Crippen LogP contribution < -0.4 is 10.1 Å². The number of carbonyl (C=O) groups excluding carboxylic acids is 1. The Morgan fingerprint density at radius 3 is 2.43 bits per heavy atom. The lowest BCUT2D eigenvalue weighted by Crippen LogP contribution is -2.50. The van der Waals surface area contributed by atoms with Crippen molar-refractivity contribution in [2.75, 3.05) is 0 Å². The number of nitrogens with one attached hydrogen (secondary N) is 1. The lowest BCUT2D eigenvalue weighted by molar-refractivity contribution is -0.189. The smallest absolute Gasteiger partial charge is 0.393 e. The van der Waals surface area contributed by atoms with Crippen LogP contribution in [0, 0.1) is 12.8 Å². The normalized spacial score (nSPS) is 23.2. The van der Waals surface area contributed by atoms with E-state index in [0.29, 0.717) is 25.0 Å². The third-order valence-corrected chi connectivity index (χ3v) is 4.22. The van der Waals surface area contributed by atoms with Crippen LogP contribution in [0.2, 0.25) is 0 Å². The Bertz CT molecular complexity index is 528. The predicted molar refractivity (Wildman–Crippen MR) is 81.2 cm³/mol. The molecule has 0 aromatic heterocycles. The topological polar surface area (TPSA) is 38.3 Å². The van der Waals surface area contributed by atoms with Crippen molar-refractivity contribution in [3.8, 4) is 5.75 Å². The third kappa shape index (κ3) is 4.88. The van der Waals surface area contributed by atoms with E-state index in [-0.39, 0.29) is 6.42 Å². The maximum Gasteiger partial charge on any atom is 0.393 e. The summed E-state index contributed by atoms with van der Waals surface area (Å²) in [5.41, 5.74) is 1.06. The first-order valence-electron chi connectivity index (χ1n) is 7.88. The number of ether oxygens (including phenoxy) is 1. The number of hydrogen-bond donors (Lipinski definition) is 1. The summed E-state index contributed by atoms with van der Waals surface area (Å²) >= 11 is 0. The fraction of sp³-hybridized carbons (Fsp3) is 0.588. The number of amides is 1. The molecule has 1 aliphatic rings. The Hall–Kier alpha value is -1.72. The van der Waals surface area contributed by atoms with Crippen molar-refractivity contribution in [2.45, 2.75) is 57.9 Å². The van der Waals surface area contributed by atoms with Crippen LogP contribution in [0.4, 0.5) is 13.2 Å². The summed E-state index contributed by atoms with van der Waals surface area (Å²) in [5.74, 6) is -1.45. The Balaban J connectivity index is 1.95. The summed E-state index contributed by atoms with van der Waals surface area (Å²) < 4.78 is 44.6. The van der Waals surface area contributed by atoms with Gasteiger partial charge in [0.1, 0.15) is 5.75 Å². The van der Waals surface area contributed by atoms with Gasteiger partial charge in [0, 0.05) is 6.04 Å². The van der Waals surface area contributed by atoms with Crippen molar-refractivity contribution in [2.24, 2.45) is 5.92 Å². The molecule has 1 N–H and O–H groups in total. The summed E-state index contributed by atoms with van der Waals surface area (Å²) in [4.78, 5) is 12.2. The van der Waals surface area contributed by atoms with Crippen molar-refractivity contribution >= 4 is 5.91 Å². The highest BCUT2D eigenvalue weighted by Gasteiger charge is 2.46. The van der Waals surface area contributed by atoms with Gasteiger partial charge in [0.25, 0.3) is 5.91 Å². The first-order valence-corrected chi connectivity index (χ1v) is 7.88. The molecule has 0 radical (unpaired) electrons. The van der Waals surface area contributed by atoms with Crippen LogP contribution in [0.15, 0.2) is 24.3 Å². The van der Waals surface area contributed by atoms with Gasteiger partial charge in [-0.1, -0.05) is 30.5 Å². The number of benzene rings is 1. The maximum absolute atomic E-state index is 13.0. The number of hydrogen-bond acceptors (Lipinski definition) is 2. The Morgan fingerprint density at radius 2 is 1.83 bits per heavy atom. The summed E-state index contributed by atoms with van der Waals surface area (Å²) in [6.07, 6.45) is -3.45. The lowest BCUT2D eigenvalue weighted by Gasteiger charge is -2.34. The van der Waals surface area contributed by atoms with Gasteiger partial charge in [0.15, 0.2) is 6.10 Å². The Labute approximate surface area is 134 Å². The quantitative estimate of drug-likeness (QED) is 0.907. The molecule has 0 unspecified atom stereocenters. The molecule has 1 aromatic rings. The van der Waals surface area contributed by atoms with Crippen molar-refractivity contribution in [1.82, 2.24) is 5.32 Å². The molecular weight excluding hydrogens is 307 g/mol. The van der Waals surface area contributed by atoms with Gasteiger partial charge in [-0.05, 0) is 38.8 Å². The predicted octanol–water partition coefficient (Wildman–Crippen LogP) is 4.00. The van der Waals surface area contributed by atoms with E-state index in [1.54, 1.807) is 19.1 Å². The average Bonchev–Trinajstić information content (AvgIpc) is 2.49. The highest BCUT2D eigenvalue weighted by Crippen LogP contribution is 2.37. The Morgan fingerprint density at radius 1 is 1.22 bits per heavy atom. The molecule has 0 bridgehead atoms. The zero-order valence-corrected chi connectivity index (χ0v) is 13.3. The van der Waals surface area contributed by atoms with Gasteiger partial charge >= 0.3 is 6.18 Å². The fourth-order valence-electron chi connectivity index (χ4n) is 2.87. The van der Waals surface area contributed by atoms with Crippen molar-refractivity contribution in [3.63, 3.8) is 0 Å². The van der Waals surface area contributed by atoms with E-state index in [1.165, 1.54) is 0 Å². The fourth-order valence-corrected chi connectivity index (χ4v) is 2.87. The highest BCUT2D eigenvalue weighted by atomic mass is 19.4. The number of alkyl halides is 3. The number of aryl methyl sites for hydroxylation is 1. The van der Waals surface area contributed by atoms with Gasteiger partial charge in [-0.3, -0.25) is 4.79 Å². The molecule has 1 amide bonds. The molecule has 0 aliphatic heterocycles. The molecule has 1 fully saturated rings. The van der Waals surface area contributed by atoms with Gasteiger partial charge in [0.05, 0.1) is 5.92 Å². The number of halogens is 3. The molecule has 128 valence electrons. The van der Waals surface area contributed by atoms with Gasteiger partial charge in [-0.25, -0.2) is 0 Å². The minimum absolute atomic E-state index is 0.0711. The van der Waals surface area contributed by atoms with E-state index >= 15 is 0 Å². The molecule has 1 aliphatic carbocycles. The monoisotopic (exact) mass is 329 g/mol. The van der Waals surface area contributed by atoms with Crippen LogP contribution in [0.5, 0.6) is 5.75 Å². The molecule has 1 saturated carbocycles. The van der Waals surface area contributed by atoms with E-state index in [9.17, 15) is 18.0 Å². The molecule has 23 heavy (non-hydrogen) atoms. The summed E-state index contributed by atoms with van der Waals surface area (Å²) in [6.45, 7) is 3.47. The minimum Gasteiger partial charge on any atom is -0.481 e. The molecule has 0 saturated heterocycles. The van der Waals surface area contributed by atoms with E-state index in [1.807, 2.05) is 19.1 Å². The Kier molecular flexibility index (Phi) is 5.55. The van der Waals surface area contributed by atoms with Crippen molar-refractivity contribution in [3.05, 3.63) is 29.8 Å². The van der Waals surface area contributed by atoms with Gasteiger partial charge in [-0.2, -0.15) is 13.2 Å². The second-order valence-corrected chi connectivity index (χ2v) is 6.12. The van der Waals surface area contributed by atoms with Crippen LogP contribution in [0.1, 0.15) is 38.2 Å². The molecule has 2 rings (SSSR count). The van der Waals surface area contributed by atoms with Crippen LogP contribution in [-0.2, 0) is 4.79 Å². The molecule has 1 aromatic carbocycles. The number of rotatable bonds is 4. The van der Waals surface area contributed by atoms with E-state index in [0.717, 1.165) is 5.56 Å². The zero-order chi connectivity index (χ0) is 17.0. The van der Waals surface area contributed by atoms with E-state index in [2.05, 4.69) is 5.32 Å². The molecule has 0 spiro atoms. The van der Waals surface area contributed by atoms with Crippen LogP contribution in [-0.4, -0.2) is 24.2 Å². The second kappa shape index (κ2) is 7.23. The average molecular weight is 329 g/mol. The summed E-state index contributed by atoms with van der Waals surface area (Å²) in [7, 11) is 0. The van der Waals surface area contributed by atoms with Crippen LogP contribution in [0.3, 0.4) is 0 Å². The van der Waals surface area contributed by atoms with Crippen LogP contribution in [0.25, 0.3) is 0 Å². The number of carbonyl (C=O) groups is 1. The standard InChI is InChI=1S/C17H22F3NO2/c1-11-7-9-13(10-8-11)23-12(2)16(22)21-15-6-4-3-5-14(15)17(18,19)20/h7-10,12,14-15H,3-6H2,1-2H3,(H,21,22)/t12-,14-,15-/m0/s1. The van der Waals surface area contributed by atoms with Crippen LogP contribution >= 0.6 is 0 Å². The first-order chi connectivity index (χ1) is 10.8. The van der Waals surface area contributed by atoms with E-state index in [4.69, 9.17) is 4.74 Å². The third-order valence-electron chi connectivity index (χ3n) is 4.22. The second-order valence-electron chi connectivity index (χ2n) is 6.12. The molecule has 3 atom stereocenters. The summed E-state index contributed by atoms with van der Waals surface area (Å²) in [6, 6.07) is 6.30. The first kappa shape index (κ1) is 17.6. The maximum atomic E-state index is 13.0.